The number of nitrogens with one attached hydrogen (secondary N) is 1. The number of ether oxygens (including phenoxy) is 2. The number of benzene rings is 1. The first-order valence-corrected chi connectivity index (χ1v) is 12.2. The fourth-order valence-corrected chi connectivity index (χ4v) is 4.46. The molecule has 2 fully saturated rings. The van der Waals surface area contributed by atoms with Gasteiger partial charge in [0.15, 0.2) is 0 Å². The van der Waals surface area contributed by atoms with Crippen molar-refractivity contribution in [2.45, 2.75) is 38.6 Å². The molecule has 36 heavy (non-hydrogen) atoms. The van der Waals surface area contributed by atoms with Crippen LogP contribution in [0.4, 0.5) is 16.6 Å². The molecule has 2 aliphatic heterocycles. The maximum atomic E-state index is 12.3. The first-order chi connectivity index (χ1) is 17.4. The fraction of sp³-hybridized carbons (Fsp3) is 0.462. The van der Waals surface area contributed by atoms with Crippen LogP contribution in [0.2, 0.25) is 0 Å². The molecule has 1 aromatic heterocycles. The molecule has 2 aromatic rings. The summed E-state index contributed by atoms with van der Waals surface area (Å²) >= 11 is 0. The molecule has 2 aliphatic rings. The van der Waals surface area contributed by atoms with Crippen LogP contribution in [0.5, 0.6) is 0 Å². The van der Waals surface area contributed by atoms with Gasteiger partial charge < -0.3 is 19.7 Å². The molecule has 1 aromatic carbocycles. The first kappa shape index (κ1) is 25.6. The number of carbonyl (C=O) groups is 2. The van der Waals surface area contributed by atoms with Crippen LogP contribution in [0.3, 0.4) is 0 Å². The third kappa shape index (κ3) is 5.83. The van der Waals surface area contributed by atoms with Gasteiger partial charge in [-0.25, -0.2) is 9.78 Å². The van der Waals surface area contributed by atoms with E-state index < -0.39 is 6.09 Å². The van der Waals surface area contributed by atoms with E-state index in [0.29, 0.717) is 11.8 Å². The van der Waals surface area contributed by atoms with Crippen LogP contribution in [0.15, 0.2) is 49.2 Å². The molecule has 4 rings (SSSR count). The van der Waals surface area contributed by atoms with Gasteiger partial charge in [-0.15, -0.1) is 0 Å². The van der Waals surface area contributed by atoms with Gasteiger partial charge in [-0.1, -0.05) is 30.8 Å². The molecule has 192 valence electrons. The number of anilines is 2. The number of aromatic nitrogens is 2. The zero-order chi connectivity index (χ0) is 25.7. The summed E-state index contributed by atoms with van der Waals surface area (Å²) in [6.45, 7) is 11.8. The Kier molecular flexibility index (Phi) is 8.17. The molecule has 3 heterocycles. The molecule has 0 aliphatic carbocycles. The minimum atomic E-state index is -0.439. The van der Waals surface area contributed by atoms with E-state index in [-0.39, 0.29) is 30.7 Å². The van der Waals surface area contributed by atoms with Crippen molar-refractivity contribution >= 4 is 23.8 Å². The molecular formula is C26H34N6O4. The van der Waals surface area contributed by atoms with Crippen LogP contribution in [0.1, 0.15) is 31.0 Å². The number of carbonyl (C=O) groups excluding carboxylic acids is 2. The summed E-state index contributed by atoms with van der Waals surface area (Å²) in [5.41, 5.74) is 2.32. The molecular weight excluding hydrogens is 460 g/mol. The molecule has 2 unspecified atom stereocenters. The molecule has 3 atom stereocenters. The molecule has 0 radical (unpaired) electrons. The van der Waals surface area contributed by atoms with Crippen molar-refractivity contribution in [1.29, 1.82) is 0 Å². The van der Waals surface area contributed by atoms with E-state index in [1.165, 1.54) is 16.5 Å². The summed E-state index contributed by atoms with van der Waals surface area (Å²) in [6, 6.07) is 9.86. The van der Waals surface area contributed by atoms with Gasteiger partial charge in [-0.3, -0.25) is 14.6 Å². The normalized spacial score (nSPS) is 20.1. The zero-order valence-electron chi connectivity index (χ0n) is 21.1. The minimum Gasteiger partial charge on any atom is -0.447 e. The largest absolute Gasteiger partial charge is 0.447 e. The Morgan fingerprint density at radius 3 is 2.61 bits per heavy atom. The molecule has 2 saturated heterocycles. The Morgan fingerprint density at radius 1 is 1.22 bits per heavy atom. The lowest BCUT2D eigenvalue weighted by Gasteiger charge is -2.34. The number of hydrogen-bond acceptors (Lipinski definition) is 8. The lowest BCUT2D eigenvalue weighted by atomic mass is 10.1. The highest BCUT2D eigenvalue weighted by Crippen LogP contribution is 2.26. The van der Waals surface area contributed by atoms with Gasteiger partial charge >= 0.3 is 6.09 Å². The third-order valence-electron chi connectivity index (χ3n) is 6.80. The standard InChI is InChI=1S/C26H34N6O4/c1-5-24(33)31-14-12-30(13-15-31)16-20-6-8-21(9-7-20)18(2)28-25-27-11-10-23(29-25)32-22(19(3)35-4)17-36-26(32)34/h5-11,18-19,22H,1,12-17H2,2-4H3,(H,27,28,29)/t18-,19?,22?/m0/s1. The van der Waals surface area contributed by atoms with Crippen molar-refractivity contribution in [3.63, 3.8) is 0 Å². The number of rotatable bonds is 9. The Bertz CT molecular complexity index is 1070. The van der Waals surface area contributed by atoms with Crippen molar-refractivity contribution in [3.8, 4) is 0 Å². The number of nitrogens with zero attached hydrogens (tertiary/aromatic N) is 5. The summed E-state index contributed by atoms with van der Waals surface area (Å²) in [5.74, 6) is 0.903. The summed E-state index contributed by atoms with van der Waals surface area (Å²) in [5, 5.41) is 3.33. The second-order valence-corrected chi connectivity index (χ2v) is 9.11. The lowest BCUT2D eigenvalue weighted by molar-refractivity contribution is -0.127. The Hall–Kier alpha value is -3.50. The monoisotopic (exact) mass is 494 g/mol. The average molecular weight is 495 g/mol. The highest BCUT2D eigenvalue weighted by atomic mass is 16.6. The van der Waals surface area contributed by atoms with E-state index in [1.807, 2.05) is 18.7 Å². The van der Waals surface area contributed by atoms with Gasteiger partial charge in [0, 0.05) is 46.0 Å². The number of piperazine rings is 1. The topological polar surface area (TPSA) is 100 Å². The van der Waals surface area contributed by atoms with E-state index in [1.54, 1.807) is 19.4 Å². The highest BCUT2D eigenvalue weighted by Gasteiger charge is 2.39. The van der Waals surface area contributed by atoms with E-state index in [2.05, 4.69) is 51.0 Å². The molecule has 10 nitrogen and oxygen atoms in total. The number of cyclic esters (lactones) is 1. The average Bonchev–Trinajstić information content (AvgIpc) is 3.30. The molecule has 10 heteroatoms. The van der Waals surface area contributed by atoms with Gasteiger partial charge in [0.05, 0.1) is 12.1 Å². The summed E-state index contributed by atoms with van der Waals surface area (Å²) in [6.07, 6.45) is 2.37. The van der Waals surface area contributed by atoms with Crippen molar-refractivity contribution < 1.29 is 19.1 Å². The van der Waals surface area contributed by atoms with Gasteiger partial charge in [0.1, 0.15) is 18.5 Å². The van der Waals surface area contributed by atoms with E-state index in [0.717, 1.165) is 38.3 Å². The summed E-state index contributed by atoms with van der Waals surface area (Å²) < 4.78 is 10.6. The summed E-state index contributed by atoms with van der Waals surface area (Å²) in [4.78, 5) is 38.7. The van der Waals surface area contributed by atoms with Crippen molar-refractivity contribution in [2.24, 2.45) is 0 Å². The van der Waals surface area contributed by atoms with Crippen molar-refractivity contribution in [1.82, 2.24) is 19.8 Å². The second kappa shape index (κ2) is 11.5. The number of methoxy groups -OCH3 is 1. The molecule has 1 N–H and O–H groups in total. The lowest BCUT2D eigenvalue weighted by Crippen LogP contribution is -2.47. The maximum absolute atomic E-state index is 12.3. The van der Waals surface area contributed by atoms with Crippen LogP contribution in [-0.4, -0.2) is 83.8 Å². The van der Waals surface area contributed by atoms with E-state index in [4.69, 9.17) is 9.47 Å². The fourth-order valence-electron chi connectivity index (χ4n) is 4.46. The molecule has 0 saturated carbocycles. The quantitative estimate of drug-likeness (QED) is 0.532. The Balaban J connectivity index is 1.35. The van der Waals surface area contributed by atoms with Crippen LogP contribution in [0, 0.1) is 0 Å². The minimum absolute atomic E-state index is 0.000258. The SMILES string of the molecule is C=CC(=O)N1CCN(Cc2ccc([C@H](C)Nc3nccc(N4C(=O)OCC4C(C)OC)n3)cc2)CC1. The maximum Gasteiger partial charge on any atom is 0.416 e. The van der Waals surface area contributed by atoms with Crippen LogP contribution < -0.4 is 10.2 Å². The van der Waals surface area contributed by atoms with E-state index in [9.17, 15) is 9.59 Å². The van der Waals surface area contributed by atoms with Crippen LogP contribution >= 0.6 is 0 Å². The van der Waals surface area contributed by atoms with E-state index >= 15 is 0 Å². The number of amides is 2. The number of hydrogen-bond donors (Lipinski definition) is 1. The van der Waals surface area contributed by atoms with Gasteiger partial charge in [-0.05, 0) is 37.1 Å². The Labute approximate surface area is 211 Å². The van der Waals surface area contributed by atoms with Crippen LogP contribution in [0.25, 0.3) is 0 Å². The second-order valence-electron chi connectivity index (χ2n) is 9.11. The predicted octanol–water partition coefficient (Wildman–Crippen LogP) is 2.84. The summed E-state index contributed by atoms with van der Waals surface area (Å²) in [7, 11) is 1.61. The zero-order valence-corrected chi connectivity index (χ0v) is 21.1. The van der Waals surface area contributed by atoms with Gasteiger partial charge in [0.2, 0.25) is 11.9 Å². The molecule has 0 bridgehead atoms. The highest BCUT2D eigenvalue weighted by molar-refractivity contribution is 5.89. The predicted molar refractivity (Wildman–Crippen MR) is 137 cm³/mol. The molecule has 0 spiro atoms. The first-order valence-electron chi connectivity index (χ1n) is 12.2. The third-order valence-corrected chi connectivity index (χ3v) is 6.80. The van der Waals surface area contributed by atoms with Gasteiger partial charge in [0.25, 0.3) is 0 Å². The Morgan fingerprint density at radius 2 is 1.94 bits per heavy atom. The van der Waals surface area contributed by atoms with Crippen LogP contribution in [-0.2, 0) is 20.8 Å². The van der Waals surface area contributed by atoms with Crippen molar-refractivity contribution in [3.05, 3.63) is 60.3 Å². The van der Waals surface area contributed by atoms with Gasteiger partial charge in [-0.2, -0.15) is 4.98 Å². The smallest absolute Gasteiger partial charge is 0.416 e. The molecule has 2 amide bonds. The van der Waals surface area contributed by atoms with Crippen molar-refractivity contribution in [2.75, 3.05) is 50.1 Å².